The number of benzene rings is 3. The van der Waals surface area contributed by atoms with Gasteiger partial charge in [-0.2, -0.15) is 0 Å². The first-order valence-electron chi connectivity index (χ1n) is 12.4. The Morgan fingerprint density at radius 2 is 1.51 bits per heavy atom. The maximum absolute atomic E-state index is 13.2. The summed E-state index contributed by atoms with van der Waals surface area (Å²) < 4.78 is 0. The lowest BCUT2D eigenvalue weighted by atomic mass is 9.81. The Morgan fingerprint density at radius 3 is 2.14 bits per heavy atom. The minimum absolute atomic E-state index is 0.0526. The second-order valence-electron chi connectivity index (χ2n) is 11.2. The summed E-state index contributed by atoms with van der Waals surface area (Å²) in [5, 5.41) is 11.1. The fraction of sp³-hybridized carbons (Fsp3) is 0.400. The van der Waals surface area contributed by atoms with E-state index in [0.717, 1.165) is 33.2 Å². The molecule has 3 aromatic rings. The lowest BCUT2D eigenvalue weighted by Crippen LogP contribution is -2.49. The zero-order valence-corrected chi connectivity index (χ0v) is 22.1. The van der Waals surface area contributed by atoms with Gasteiger partial charge < -0.3 is 16.0 Å². The smallest absolute Gasteiger partial charge is 0.319 e. The Hall–Kier alpha value is -3.34. The number of hydrogen-bond acceptors (Lipinski definition) is 2. The fourth-order valence-electron chi connectivity index (χ4n) is 4.19. The van der Waals surface area contributed by atoms with Crippen LogP contribution in [-0.4, -0.2) is 24.5 Å². The third-order valence-corrected chi connectivity index (χ3v) is 6.17. The molecule has 3 aromatic carbocycles. The van der Waals surface area contributed by atoms with Gasteiger partial charge in [-0.15, -0.1) is 0 Å². The minimum Gasteiger partial charge on any atom is -0.355 e. The van der Waals surface area contributed by atoms with Crippen LogP contribution in [0.1, 0.15) is 65.2 Å². The number of rotatable bonds is 6. The molecule has 0 aliphatic heterocycles. The van der Waals surface area contributed by atoms with Crippen molar-refractivity contribution in [3.8, 4) is 0 Å². The molecule has 0 radical (unpaired) electrons. The fourth-order valence-corrected chi connectivity index (χ4v) is 4.19. The van der Waals surface area contributed by atoms with E-state index in [1.165, 1.54) is 0 Å². The van der Waals surface area contributed by atoms with Crippen LogP contribution in [0.4, 0.5) is 10.5 Å². The van der Waals surface area contributed by atoms with E-state index in [1.807, 2.05) is 37.3 Å². The van der Waals surface area contributed by atoms with Gasteiger partial charge in [-0.3, -0.25) is 4.79 Å². The second kappa shape index (κ2) is 10.5. The van der Waals surface area contributed by atoms with Crippen LogP contribution in [0.2, 0.25) is 0 Å². The number of carbonyl (C=O) groups excluding carboxylic acids is 2. The number of fused-ring (bicyclic) bond motifs is 1. The van der Waals surface area contributed by atoms with Crippen molar-refractivity contribution in [1.29, 1.82) is 0 Å². The van der Waals surface area contributed by atoms with Crippen molar-refractivity contribution < 1.29 is 9.59 Å². The molecule has 3 rings (SSSR count). The number of carbonyl (C=O) groups is 2. The van der Waals surface area contributed by atoms with Crippen LogP contribution in [0.5, 0.6) is 0 Å². The van der Waals surface area contributed by atoms with Crippen molar-refractivity contribution in [2.24, 2.45) is 0 Å². The van der Waals surface area contributed by atoms with Gasteiger partial charge in [-0.1, -0.05) is 96.1 Å². The van der Waals surface area contributed by atoms with Crippen LogP contribution < -0.4 is 16.0 Å². The van der Waals surface area contributed by atoms with E-state index in [4.69, 9.17) is 0 Å². The molecule has 0 aromatic heterocycles. The van der Waals surface area contributed by atoms with Crippen LogP contribution >= 0.6 is 0 Å². The molecular weight excluding hydrogens is 434 g/mol. The molecule has 0 aliphatic rings. The van der Waals surface area contributed by atoms with Gasteiger partial charge in [0.05, 0.1) is 0 Å². The molecule has 0 saturated heterocycles. The summed E-state index contributed by atoms with van der Waals surface area (Å²) in [6, 6.07) is 19.4. The maximum Gasteiger partial charge on any atom is 0.319 e. The third kappa shape index (κ3) is 6.84. The van der Waals surface area contributed by atoms with E-state index in [9.17, 15) is 9.59 Å². The van der Waals surface area contributed by atoms with E-state index in [0.29, 0.717) is 13.0 Å². The van der Waals surface area contributed by atoms with E-state index >= 15 is 0 Å². The highest BCUT2D eigenvalue weighted by molar-refractivity contribution is 5.94. The van der Waals surface area contributed by atoms with Crippen molar-refractivity contribution in [1.82, 2.24) is 10.6 Å². The first-order chi connectivity index (χ1) is 16.4. The van der Waals surface area contributed by atoms with Crippen molar-refractivity contribution >= 4 is 28.4 Å². The second-order valence-corrected chi connectivity index (χ2v) is 11.2. The van der Waals surface area contributed by atoms with Crippen LogP contribution in [0.25, 0.3) is 10.8 Å². The Labute approximate surface area is 209 Å². The summed E-state index contributed by atoms with van der Waals surface area (Å²) in [4.78, 5) is 26.0. The van der Waals surface area contributed by atoms with Crippen molar-refractivity contribution in [2.75, 3.05) is 11.9 Å². The number of likely N-dealkylation sites (N-methyl/N-ethyl adjacent to an activating group) is 1. The molecule has 35 heavy (non-hydrogen) atoms. The zero-order chi connectivity index (χ0) is 25.8. The molecule has 0 heterocycles. The molecule has 5 nitrogen and oxygen atoms in total. The van der Waals surface area contributed by atoms with Gasteiger partial charge in [0.25, 0.3) is 0 Å². The first kappa shape index (κ1) is 26.3. The molecule has 0 unspecified atom stereocenters. The van der Waals surface area contributed by atoms with Gasteiger partial charge in [-0.05, 0) is 51.3 Å². The SMILES string of the molecule is CCNC(=O)[C@@H](Cc1ccc2ccccc2c1)NC(=O)Nc1cc(C(C)(C)C)ccc1C(C)(C)C. The predicted molar refractivity (Wildman–Crippen MR) is 146 cm³/mol. The Kier molecular flexibility index (Phi) is 7.89. The van der Waals surface area contributed by atoms with Gasteiger partial charge in [0.15, 0.2) is 0 Å². The van der Waals surface area contributed by atoms with Crippen LogP contribution in [-0.2, 0) is 22.0 Å². The summed E-state index contributed by atoms with van der Waals surface area (Å²) in [6.07, 6.45) is 0.401. The summed E-state index contributed by atoms with van der Waals surface area (Å²) in [6.45, 7) is 15.2. The lowest BCUT2D eigenvalue weighted by Gasteiger charge is -2.27. The van der Waals surface area contributed by atoms with E-state index in [-0.39, 0.29) is 16.7 Å². The van der Waals surface area contributed by atoms with Gasteiger partial charge >= 0.3 is 6.03 Å². The normalized spacial score (nSPS) is 12.8. The molecule has 0 aliphatic carbocycles. The van der Waals surface area contributed by atoms with Crippen LogP contribution in [0.3, 0.4) is 0 Å². The molecule has 0 saturated carbocycles. The van der Waals surface area contributed by atoms with Gasteiger partial charge in [0, 0.05) is 18.7 Å². The topological polar surface area (TPSA) is 70.2 Å². The molecule has 186 valence electrons. The monoisotopic (exact) mass is 473 g/mol. The maximum atomic E-state index is 13.2. The third-order valence-electron chi connectivity index (χ3n) is 6.17. The number of hydrogen-bond donors (Lipinski definition) is 3. The van der Waals surface area contributed by atoms with E-state index in [2.05, 4.69) is 87.8 Å². The standard InChI is InChI=1S/C30H39N3O2/c1-8-31-27(34)26(18-20-13-14-21-11-9-10-12-22(21)17-20)33-28(35)32-25-19-23(29(2,3)4)15-16-24(25)30(5,6)7/h9-17,19,26H,8,18H2,1-7H3,(H,31,34)(H2,32,33,35)/t26-/m1/s1. The van der Waals surface area contributed by atoms with Crippen LogP contribution in [0, 0.1) is 0 Å². The molecular formula is C30H39N3O2. The number of urea groups is 1. The lowest BCUT2D eigenvalue weighted by molar-refractivity contribution is -0.122. The zero-order valence-electron chi connectivity index (χ0n) is 22.1. The highest BCUT2D eigenvalue weighted by Gasteiger charge is 2.25. The van der Waals surface area contributed by atoms with Crippen molar-refractivity contribution in [3.05, 3.63) is 77.4 Å². The predicted octanol–water partition coefficient (Wildman–Crippen LogP) is 6.30. The summed E-state index contributed by atoms with van der Waals surface area (Å²) in [5.74, 6) is -0.199. The van der Waals surface area contributed by atoms with Gasteiger partial charge in [0.2, 0.25) is 5.91 Å². The Morgan fingerprint density at radius 1 is 0.829 bits per heavy atom. The highest BCUT2D eigenvalue weighted by Crippen LogP contribution is 2.34. The largest absolute Gasteiger partial charge is 0.355 e. The number of amides is 3. The molecule has 3 amide bonds. The first-order valence-corrected chi connectivity index (χ1v) is 12.4. The molecule has 0 spiro atoms. The van der Waals surface area contributed by atoms with Gasteiger partial charge in [0.1, 0.15) is 6.04 Å². The summed E-state index contributed by atoms with van der Waals surface area (Å²) >= 11 is 0. The molecule has 5 heteroatoms. The van der Waals surface area contributed by atoms with E-state index < -0.39 is 12.1 Å². The van der Waals surface area contributed by atoms with Crippen molar-refractivity contribution in [3.63, 3.8) is 0 Å². The molecule has 0 bridgehead atoms. The molecule has 3 N–H and O–H groups in total. The Bertz CT molecular complexity index is 1200. The average Bonchev–Trinajstić information content (AvgIpc) is 2.77. The highest BCUT2D eigenvalue weighted by atomic mass is 16.2. The summed E-state index contributed by atoms with van der Waals surface area (Å²) in [5.41, 5.74) is 3.74. The molecule has 1 atom stereocenters. The van der Waals surface area contributed by atoms with Crippen molar-refractivity contribution in [2.45, 2.75) is 71.8 Å². The molecule has 0 fully saturated rings. The number of nitrogens with one attached hydrogen (secondary N) is 3. The van der Waals surface area contributed by atoms with Crippen LogP contribution in [0.15, 0.2) is 60.7 Å². The van der Waals surface area contributed by atoms with Gasteiger partial charge in [-0.25, -0.2) is 4.79 Å². The Balaban J connectivity index is 1.85. The minimum atomic E-state index is -0.694. The number of anilines is 1. The quantitative estimate of drug-likeness (QED) is 0.393. The van der Waals surface area contributed by atoms with E-state index in [1.54, 1.807) is 0 Å². The average molecular weight is 474 g/mol. The summed E-state index contributed by atoms with van der Waals surface area (Å²) in [7, 11) is 0.